The van der Waals surface area contributed by atoms with Gasteiger partial charge in [-0.2, -0.15) is 0 Å². The molecule has 1 heterocycles. The highest BCUT2D eigenvalue weighted by Crippen LogP contribution is 2.16. The maximum Gasteiger partial charge on any atom is 0.287 e. The standard InChI is InChI=1S/C10H15N3O3/c1-10(2,7-14)6-12-9-4-3-8(5-11-9)13(15)16/h3-5,14H,6-7H2,1-2H3,(H,11,12). The molecule has 0 saturated carbocycles. The summed E-state index contributed by atoms with van der Waals surface area (Å²) in [7, 11) is 0. The Kier molecular flexibility index (Phi) is 3.78. The van der Waals surface area contributed by atoms with Crippen molar-refractivity contribution in [1.82, 2.24) is 4.98 Å². The maximum atomic E-state index is 10.4. The summed E-state index contributed by atoms with van der Waals surface area (Å²) in [5.41, 5.74) is -0.282. The van der Waals surface area contributed by atoms with Gasteiger partial charge in [0.2, 0.25) is 0 Å². The first-order valence-corrected chi connectivity index (χ1v) is 4.90. The van der Waals surface area contributed by atoms with Gasteiger partial charge in [0.25, 0.3) is 5.69 Å². The third-order valence-corrected chi connectivity index (χ3v) is 2.13. The zero-order chi connectivity index (χ0) is 12.2. The number of hydrogen-bond acceptors (Lipinski definition) is 5. The highest BCUT2D eigenvalue weighted by atomic mass is 16.6. The SMILES string of the molecule is CC(C)(CO)CNc1ccc([N+](=O)[O-])cn1. The molecule has 1 rings (SSSR count). The lowest BCUT2D eigenvalue weighted by molar-refractivity contribution is -0.385. The van der Waals surface area contributed by atoms with Crippen LogP contribution in [0.1, 0.15) is 13.8 Å². The summed E-state index contributed by atoms with van der Waals surface area (Å²) in [5.74, 6) is 0.562. The molecule has 6 nitrogen and oxygen atoms in total. The van der Waals surface area contributed by atoms with Crippen molar-refractivity contribution in [3.63, 3.8) is 0 Å². The minimum Gasteiger partial charge on any atom is -0.396 e. The normalized spacial score (nSPS) is 11.2. The second kappa shape index (κ2) is 4.89. The lowest BCUT2D eigenvalue weighted by Gasteiger charge is -2.21. The van der Waals surface area contributed by atoms with E-state index < -0.39 is 4.92 Å². The molecule has 88 valence electrons. The molecule has 0 aromatic carbocycles. The number of pyridine rings is 1. The summed E-state index contributed by atoms with van der Waals surface area (Å²) in [6, 6.07) is 2.94. The predicted octanol–water partition coefficient (Wildman–Crippen LogP) is 1.42. The minimum atomic E-state index is -0.492. The highest BCUT2D eigenvalue weighted by molar-refractivity contribution is 5.40. The van der Waals surface area contributed by atoms with Crippen molar-refractivity contribution < 1.29 is 10.0 Å². The molecule has 6 heteroatoms. The lowest BCUT2D eigenvalue weighted by Crippen LogP contribution is -2.27. The average Bonchev–Trinajstić information content (AvgIpc) is 2.27. The van der Waals surface area contributed by atoms with Gasteiger partial charge in [-0.1, -0.05) is 13.8 Å². The van der Waals surface area contributed by atoms with Gasteiger partial charge < -0.3 is 10.4 Å². The Bertz CT molecular complexity index is 362. The number of aliphatic hydroxyl groups is 1. The van der Waals surface area contributed by atoms with E-state index in [0.29, 0.717) is 12.4 Å². The number of aromatic nitrogens is 1. The van der Waals surface area contributed by atoms with Crippen molar-refractivity contribution in [2.24, 2.45) is 5.41 Å². The Morgan fingerprint density at radius 3 is 2.69 bits per heavy atom. The van der Waals surface area contributed by atoms with Gasteiger partial charge in [-0.3, -0.25) is 10.1 Å². The molecule has 0 aliphatic carbocycles. The van der Waals surface area contributed by atoms with Crippen LogP contribution in [0.15, 0.2) is 18.3 Å². The van der Waals surface area contributed by atoms with E-state index in [4.69, 9.17) is 5.11 Å². The average molecular weight is 225 g/mol. The van der Waals surface area contributed by atoms with Crippen LogP contribution in [0.25, 0.3) is 0 Å². The van der Waals surface area contributed by atoms with E-state index in [1.165, 1.54) is 12.3 Å². The minimum absolute atomic E-state index is 0.0352. The maximum absolute atomic E-state index is 10.4. The summed E-state index contributed by atoms with van der Waals surface area (Å²) in [6.45, 7) is 4.43. The molecule has 0 aliphatic rings. The van der Waals surface area contributed by atoms with Gasteiger partial charge in [-0.25, -0.2) is 4.98 Å². The number of nitro groups is 1. The lowest BCUT2D eigenvalue weighted by atomic mass is 9.95. The fourth-order valence-corrected chi connectivity index (χ4v) is 0.984. The van der Waals surface area contributed by atoms with E-state index in [-0.39, 0.29) is 17.7 Å². The van der Waals surface area contributed by atoms with E-state index in [1.54, 1.807) is 6.07 Å². The Morgan fingerprint density at radius 1 is 1.56 bits per heavy atom. The molecular formula is C10H15N3O3. The largest absolute Gasteiger partial charge is 0.396 e. The van der Waals surface area contributed by atoms with E-state index >= 15 is 0 Å². The number of aliphatic hydroxyl groups excluding tert-OH is 1. The summed E-state index contributed by atoms with van der Waals surface area (Å²) < 4.78 is 0. The van der Waals surface area contributed by atoms with Crippen molar-refractivity contribution in [1.29, 1.82) is 0 Å². The molecule has 0 aliphatic heterocycles. The highest BCUT2D eigenvalue weighted by Gasteiger charge is 2.16. The van der Waals surface area contributed by atoms with Crippen LogP contribution < -0.4 is 5.32 Å². The zero-order valence-electron chi connectivity index (χ0n) is 9.30. The zero-order valence-corrected chi connectivity index (χ0v) is 9.30. The molecular weight excluding hydrogens is 210 g/mol. The summed E-state index contributed by atoms with van der Waals surface area (Å²) >= 11 is 0. The Hall–Kier alpha value is -1.69. The van der Waals surface area contributed by atoms with Crippen LogP contribution in [-0.4, -0.2) is 28.2 Å². The molecule has 0 unspecified atom stereocenters. The van der Waals surface area contributed by atoms with Crippen molar-refractivity contribution in [3.8, 4) is 0 Å². The number of hydrogen-bond donors (Lipinski definition) is 2. The van der Waals surface area contributed by atoms with Crippen LogP contribution in [-0.2, 0) is 0 Å². The van der Waals surface area contributed by atoms with Gasteiger partial charge in [-0.15, -0.1) is 0 Å². The molecule has 16 heavy (non-hydrogen) atoms. The topological polar surface area (TPSA) is 88.3 Å². The Balaban J connectivity index is 2.59. The van der Waals surface area contributed by atoms with Crippen molar-refractivity contribution in [2.45, 2.75) is 13.8 Å². The molecule has 1 aromatic rings. The second-order valence-corrected chi connectivity index (χ2v) is 4.33. The Morgan fingerprint density at radius 2 is 2.25 bits per heavy atom. The van der Waals surface area contributed by atoms with Crippen LogP contribution in [0.3, 0.4) is 0 Å². The van der Waals surface area contributed by atoms with Gasteiger partial charge in [0.15, 0.2) is 0 Å². The van der Waals surface area contributed by atoms with E-state index in [0.717, 1.165) is 0 Å². The molecule has 0 bridgehead atoms. The number of anilines is 1. The summed E-state index contributed by atoms with van der Waals surface area (Å²) in [5, 5.41) is 22.4. The van der Waals surface area contributed by atoms with E-state index in [9.17, 15) is 10.1 Å². The second-order valence-electron chi connectivity index (χ2n) is 4.33. The molecule has 0 radical (unpaired) electrons. The predicted molar refractivity (Wildman–Crippen MR) is 60.2 cm³/mol. The molecule has 0 atom stereocenters. The van der Waals surface area contributed by atoms with Crippen LogP contribution in [0.4, 0.5) is 11.5 Å². The van der Waals surface area contributed by atoms with E-state index in [2.05, 4.69) is 10.3 Å². The van der Waals surface area contributed by atoms with Gasteiger partial charge >= 0.3 is 0 Å². The van der Waals surface area contributed by atoms with Gasteiger partial charge in [0.1, 0.15) is 12.0 Å². The van der Waals surface area contributed by atoms with Crippen molar-refractivity contribution >= 4 is 11.5 Å². The van der Waals surface area contributed by atoms with Gasteiger partial charge in [0, 0.05) is 24.6 Å². The molecule has 2 N–H and O–H groups in total. The third kappa shape index (κ3) is 3.47. The molecule has 0 fully saturated rings. The number of nitrogens with one attached hydrogen (secondary N) is 1. The molecule has 0 spiro atoms. The van der Waals surface area contributed by atoms with Crippen LogP contribution in [0.5, 0.6) is 0 Å². The quantitative estimate of drug-likeness (QED) is 0.584. The fraction of sp³-hybridized carbons (Fsp3) is 0.500. The number of rotatable bonds is 5. The van der Waals surface area contributed by atoms with Gasteiger partial charge in [-0.05, 0) is 6.07 Å². The third-order valence-electron chi connectivity index (χ3n) is 2.13. The van der Waals surface area contributed by atoms with Crippen molar-refractivity contribution in [3.05, 3.63) is 28.4 Å². The first-order chi connectivity index (χ1) is 7.44. The smallest absolute Gasteiger partial charge is 0.287 e. The molecule has 0 saturated heterocycles. The fourth-order valence-electron chi connectivity index (χ4n) is 0.984. The number of nitrogens with zero attached hydrogens (tertiary/aromatic N) is 2. The van der Waals surface area contributed by atoms with Crippen LogP contribution in [0.2, 0.25) is 0 Å². The molecule has 1 aromatic heterocycles. The van der Waals surface area contributed by atoms with Crippen LogP contribution in [0, 0.1) is 15.5 Å². The van der Waals surface area contributed by atoms with Crippen molar-refractivity contribution in [2.75, 3.05) is 18.5 Å². The van der Waals surface area contributed by atoms with Gasteiger partial charge in [0.05, 0.1) is 4.92 Å². The monoisotopic (exact) mass is 225 g/mol. The summed E-state index contributed by atoms with van der Waals surface area (Å²) in [6.07, 6.45) is 1.20. The van der Waals surface area contributed by atoms with Crippen LogP contribution >= 0.6 is 0 Å². The first-order valence-electron chi connectivity index (χ1n) is 4.90. The first kappa shape index (κ1) is 12.4. The molecule has 0 amide bonds. The summed E-state index contributed by atoms with van der Waals surface area (Å²) in [4.78, 5) is 13.8. The Labute approximate surface area is 93.5 Å². The van der Waals surface area contributed by atoms with E-state index in [1.807, 2.05) is 13.8 Å².